The van der Waals surface area contributed by atoms with Gasteiger partial charge in [-0.25, -0.2) is 0 Å². The highest BCUT2D eigenvalue weighted by atomic mass is 79.9. The minimum atomic E-state index is -0.211. The molecule has 0 bridgehead atoms. The normalized spacial score (nSPS) is 23.6. The van der Waals surface area contributed by atoms with Crippen LogP contribution in [-0.4, -0.2) is 54.4 Å². The van der Waals surface area contributed by atoms with Gasteiger partial charge in [0.05, 0.1) is 25.4 Å². The fourth-order valence-electron chi connectivity index (χ4n) is 2.34. The number of hydrogen-bond acceptors (Lipinski definition) is 4. The second-order valence-corrected chi connectivity index (χ2v) is 5.92. The Morgan fingerprint density at radius 2 is 2.35 bits per heavy atom. The minimum Gasteiger partial charge on any atom is -0.394 e. The Bertz CT molecular complexity index is 469. The standard InChI is InChI=1S/C14H19BrN2O3/c1-10-6-17(7-13(9-18)20-10)8-14(19)16-12-4-2-3-11(15)5-12/h2-5,10,13,18H,6-9H2,1H3,(H,16,19). The van der Waals surface area contributed by atoms with E-state index in [2.05, 4.69) is 21.2 Å². The monoisotopic (exact) mass is 342 g/mol. The van der Waals surface area contributed by atoms with Crippen LogP contribution in [0.2, 0.25) is 0 Å². The predicted octanol–water partition coefficient (Wildman–Crippen LogP) is 1.47. The number of nitrogens with one attached hydrogen (secondary N) is 1. The zero-order chi connectivity index (χ0) is 14.5. The molecule has 20 heavy (non-hydrogen) atoms. The summed E-state index contributed by atoms with van der Waals surface area (Å²) in [5.41, 5.74) is 0.768. The van der Waals surface area contributed by atoms with Gasteiger partial charge in [-0.3, -0.25) is 9.69 Å². The van der Waals surface area contributed by atoms with Gasteiger partial charge in [0.1, 0.15) is 0 Å². The molecular formula is C14H19BrN2O3. The lowest BCUT2D eigenvalue weighted by Gasteiger charge is -2.35. The van der Waals surface area contributed by atoms with Crippen LogP contribution in [0.15, 0.2) is 28.7 Å². The molecule has 1 amide bonds. The molecule has 0 radical (unpaired) electrons. The van der Waals surface area contributed by atoms with Gasteiger partial charge in [-0.15, -0.1) is 0 Å². The first-order valence-electron chi connectivity index (χ1n) is 6.61. The molecule has 5 nitrogen and oxygen atoms in total. The molecule has 0 aliphatic carbocycles. The Kier molecular flexibility index (Phi) is 5.54. The SMILES string of the molecule is CC1CN(CC(=O)Nc2cccc(Br)c2)CC(CO)O1. The first kappa shape index (κ1) is 15.4. The summed E-state index contributed by atoms with van der Waals surface area (Å²) in [5.74, 6) is -0.0612. The third-order valence-corrected chi connectivity index (χ3v) is 3.57. The minimum absolute atomic E-state index is 0.0198. The molecule has 1 aliphatic rings. The van der Waals surface area contributed by atoms with Crippen molar-refractivity contribution in [3.05, 3.63) is 28.7 Å². The van der Waals surface area contributed by atoms with Crippen LogP contribution in [-0.2, 0) is 9.53 Å². The average Bonchev–Trinajstić information content (AvgIpc) is 2.37. The molecule has 110 valence electrons. The molecule has 1 aromatic carbocycles. The van der Waals surface area contributed by atoms with Crippen LogP contribution in [0.4, 0.5) is 5.69 Å². The number of anilines is 1. The van der Waals surface area contributed by atoms with Crippen LogP contribution in [0.3, 0.4) is 0 Å². The number of benzene rings is 1. The summed E-state index contributed by atoms with van der Waals surface area (Å²) in [6, 6.07) is 7.49. The zero-order valence-corrected chi connectivity index (χ0v) is 13.0. The Morgan fingerprint density at radius 1 is 1.55 bits per heavy atom. The van der Waals surface area contributed by atoms with E-state index in [4.69, 9.17) is 9.84 Å². The van der Waals surface area contributed by atoms with Gasteiger partial charge in [0, 0.05) is 23.2 Å². The van der Waals surface area contributed by atoms with Gasteiger partial charge in [0.25, 0.3) is 0 Å². The highest BCUT2D eigenvalue weighted by molar-refractivity contribution is 9.10. The number of nitrogens with zero attached hydrogens (tertiary/aromatic N) is 1. The van der Waals surface area contributed by atoms with Crippen molar-refractivity contribution in [1.29, 1.82) is 0 Å². The Labute approximate surface area is 127 Å². The topological polar surface area (TPSA) is 61.8 Å². The fourth-order valence-corrected chi connectivity index (χ4v) is 2.74. The molecule has 1 heterocycles. The molecule has 1 aromatic rings. The molecule has 1 aliphatic heterocycles. The van der Waals surface area contributed by atoms with E-state index in [0.717, 1.165) is 10.2 Å². The molecule has 6 heteroatoms. The molecule has 2 atom stereocenters. The zero-order valence-electron chi connectivity index (χ0n) is 11.4. The highest BCUT2D eigenvalue weighted by Crippen LogP contribution is 2.16. The van der Waals surface area contributed by atoms with E-state index in [1.807, 2.05) is 36.1 Å². The third-order valence-electron chi connectivity index (χ3n) is 3.08. The van der Waals surface area contributed by atoms with Crippen LogP contribution in [0, 0.1) is 0 Å². The van der Waals surface area contributed by atoms with Crippen molar-refractivity contribution in [3.8, 4) is 0 Å². The number of rotatable bonds is 4. The van der Waals surface area contributed by atoms with E-state index in [0.29, 0.717) is 19.6 Å². The van der Waals surface area contributed by atoms with Crippen molar-refractivity contribution < 1.29 is 14.6 Å². The van der Waals surface area contributed by atoms with Gasteiger partial charge in [-0.1, -0.05) is 22.0 Å². The molecule has 2 unspecified atom stereocenters. The van der Waals surface area contributed by atoms with Crippen molar-refractivity contribution in [2.75, 3.05) is 31.6 Å². The molecule has 2 rings (SSSR count). The number of carbonyl (C=O) groups is 1. The van der Waals surface area contributed by atoms with E-state index < -0.39 is 0 Å². The van der Waals surface area contributed by atoms with Crippen LogP contribution in [0.1, 0.15) is 6.92 Å². The van der Waals surface area contributed by atoms with Gasteiger partial charge in [0.15, 0.2) is 0 Å². The van der Waals surface area contributed by atoms with Crippen LogP contribution >= 0.6 is 15.9 Å². The number of hydrogen-bond donors (Lipinski definition) is 2. The van der Waals surface area contributed by atoms with Crippen molar-refractivity contribution in [2.45, 2.75) is 19.1 Å². The first-order valence-corrected chi connectivity index (χ1v) is 7.40. The van der Waals surface area contributed by atoms with Gasteiger partial charge < -0.3 is 15.2 Å². The van der Waals surface area contributed by atoms with Gasteiger partial charge in [-0.05, 0) is 25.1 Å². The summed E-state index contributed by atoms with van der Waals surface area (Å²) in [5, 5.41) is 12.0. The molecule has 0 saturated carbocycles. The van der Waals surface area contributed by atoms with Crippen molar-refractivity contribution in [1.82, 2.24) is 4.90 Å². The second-order valence-electron chi connectivity index (χ2n) is 5.00. The molecule has 1 saturated heterocycles. The Morgan fingerprint density at radius 3 is 3.05 bits per heavy atom. The van der Waals surface area contributed by atoms with Crippen molar-refractivity contribution in [3.63, 3.8) is 0 Å². The summed E-state index contributed by atoms with van der Waals surface area (Å²) >= 11 is 3.37. The van der Waals surface area contributed by atoms with E-state index in [1.54, 1.807) is 0 Å². The van der Waals surface area contributed by atoms with Crippen molar-refractivity contribution in [2.24, 2.45) is 0 Å². The van der Waals surface area contributed by atoms with E-state index in [9.17, 15) is 4.79 Å². The summed E-state index contributed by atoms with van der Waals surface area (Å²) in [7, 11) is 0. The highest BCUT2D eigenvalue weighted by Gasteiger charge is 2.25. The molecule has 2 N–H and O–H groups in total. The molecular weight excluding hydrogens is 324 g/mol. The summed E-state index contributed by atoms with van der Waals surface area (Å²) in [4.78, 5) is 14.0. The number of halogens is 1. The lowest BCUT2D eigenvalue weighted by atomic mass is 10.2. The third kappa shape index (κ3) is 4.56. The number of aliphatic hydroxyl groups excluding tert-OH is 1. The van der Waals surface area contributed by atoms with Gasteiger partial charge in [-0.2, -0.15) is 0 Å². The molecule has 0 spiro atoms. The lowest BCUT2D eigenvalue weighted by molar-refractivity contribution is -0.124. The second kappa shape index (κ2) is 7.17. The van der Waals surface area contributed by atoms with Gasteiger partial charge >= 0.3 is 0 Å². The summed E-state index contributed by atoms with van der Waals surface area (Å²) in [6.45, 7) is 3.50. The number of aliphatic hydroxyl groups is 1. The van der Waals surface area contributed by atoms with Gasteiger partial charge in [0.2, 0.25) is 5.91 Å². The largest absolute Gasteiger partial charge is 0.394 e. The maximum absolute atomic E-state index is 12.0. The van der Waals surface area contributed by atoms with Crippen molar-refractivity contribution >= 4 is 27.5 Å². The predicted molar refractivity (Wildman–Crippen MR) is 80.6 cm³/mol. The van der Waals surface area contributed by atoms with E-state index in [1.165, 1.54) is 0 Å². The van der Waals surface area contributed by atoms with Crippen LogP contribution in [0.25, 0.3) is 0 Å². The molecule has 1 fully saturated rings. The Hall–Kier alpha value is -0.950. The van der Waals surface area contributed by atoms with E-state index in [-0.39, 0.29) is 24.7 Å². The van der Waals surface area contributed by atoms with E-state index >= 15 is 0 Å². The fraction of sp³-hybridized carbons (Fsp3) is 0.500. The summed E-state index contributed by atoms with van der Waals surface area (Å²) < 4.78 is 6.48. The van der Waals surface area contributed by atoms with Crippen LogP contribution in [0.5, 0.6) is 0 Å². The lowest BCUT2D eigenvalue weighted by Crippen LogP contribution is -2.50. The number of morpholine rings is 1. The Balaban J connectivity index is 1.87. The number of ether oxygens (including phenoxy) is 1. The summed E-state index contributed by atoms with van der Waals surface area (Å²) in [6.07, 6.45) is -0.183. The smallest absolute Gasteiger partial charge is 0.238 e. The first-order chi connectivity index (χ1) is 9.56. The average molecular weight is 343 g/mol. The number of amides is 1. The molecule has 0 aromatic heterocycles. The van der Waals surface area contributed by atoms with Crippen LogP contribution < -0.4 is 5.32 Å². The quantitative estimate of drug-likeness (QED) is 0.869. The maximum atomic E-state index is 12.0. The maximum Gasteiger partial charge on any atom is 0.238 e. The number of carbonyl (C=O) groups excluding carboxylic acids is 1.